The number of carbonyl (C=O) groups is 1. The molecule has 0 aliphatic carbocycles. The Kier molecular flexibility index (Phi) is 4.04. The summed E-state index contributed by atoms with van der Waals surface area (Å²) in [5, 5.41) is 1.01. The van der Waals surface area contributed by atoms with Gasteiger partial charge in [0.25, 0.3) is 5.91 Å². The number of carbonyl (C=O) groups excluding carboxylic acids is 1. The number of hydrogen-bond donors (Lipinski definition) is 0. The number of furan rings is 1. The summed E-state index contributed by atoms with van der Waals surface area (Å²) < 4.78 is 17.4. The Morgan fingerprint density at radius 1 is 1.07 bits per heavy atom. The van der Waals surface area contributed by atoms with Crippen LogP contribution in [0, 0.1) is 13.8 Å². The van der Waals surface area contributed by atoms with Crippen LogP contribution >= 0.6 is 0 Å². The Hall–Kier alpha value is -2.95. The second kappa shape index (κ2) is 6.59. The maximum atomic E-state index is 13.4. The minimum absolute atomic E-state index is 0.0250. The molecule has 0 radical (unpaired) electrons. The van der Waals surface area contributed by atoms with Crippen molar-refractivity contribution in [1.29, 1.82) is 0 Å². The quantitative estimate of drug-likeness (QED) is 0.644. The summed E-state index contributed by atoms with van der Waals surface area (Å²) in [6.45, 7) is 5.83. The van der Waals surface area contributed by atoms with Gasteiger partial charge in [0.05, 0.1) is 6.04 Å². The molecule has 2 aliphatic heterocycles. The molecule has 2 aliphatic rings. The second-order valence-electron chi connectivity index (χ2n) is 7.57. The Morgan fingerprint density at radius 3 is 2.71 bits per heavy atom. The van der Waals surface area contributed by atoms with E-state index in [1.54, 1.807) is 0 Å². The van der Waals surface area contributed by atoms with E-state index < -0.39 is 0 Å². The molecule has 5 heteroatoms. The van der Waals surface area contributed by atoms with Gasteiger partial charge in [-0.1, -0.05) is 24.3 Å². The van der Waals surface area contributed by atoms with E-state index >= 15 is 0 Å². The molecule has 0 spiro atoms. The molecular weight excluding hydrogens is 354 g/mol. The van der Waals surface area contributed by atoms with Crippen LogP contribution in [0.2, 0.25) is 0 Å². The summed E-state index contributed by atoms with van der Waals surface area (Å²) in [6, 6.07) is 12.0. The zero-order valence-electron chi connectivity index (χ0n) is 16.2. The molecule has 3 heterocycles. The van der Waals surface area contributed by atoms with Gasteiger partial charge in [-0.05, 0) is 49.9 Å². The SMILES string of the molecule is Cc1c(C(=O)N2CCCC2c2ccc3c(c2)OCCO3)oc2c(C)cccc12. The summed E-state index contributed by atoms with van der Waals surface area (Å²) >= 11 is 0. The highest BCUT2D eigenvalue weighted by Gasteiger charge is 2.34. The molecule has 1 unspecified atom stereocenters. The first kappa shape index (κ1) is 17.2. The predicted molar refractivity (Wildman–Crippen MR) is 106 cm³/mol. The third-order valence-corrected chi connectivity index (χ3v) is 5.82. The van der Waals surface area contributed by atoms with Crippen LogP contribution in [0.4, 0.5) is 0 Å². The number of aryl methyl sites for hydroxylation is 2. The average Bonchev–Trinajstić information content (AvgIpc) is 3.33. The molecular formula is C23H23NO4. The summed E-state index contributed by atoms with van der Waals surface area (Å²) in [5.41, 5.74) is 3.85. The fourth-order valence-corrected chi connectivity index (χ4v) is 4.34. The van der Waals surface area contributed by atoms with Crippen LogP contribution in [0.15, 0.2) is 40.8 Å². The molecule has 1 fully saturated rings. The van der Waals surface area contributed by atoms with Crippen LogP contribution in [-0.2, 0) is 0 Å². The molecule has 5 rings (SSSR count). The third-order valence-electron chi connectivity index (χ3n) is 5.82. The van der Waals surface area contributed by atoms with Crippen LogP contribution in [-0.4, -0.2) is 30.6 Å². The summed E-state index contributed by atoms with van der Waals surface area (Å²) in [5.74, 6) is 1.95. The van der Waals surface area contributed by atoms with Crippen molar-refractivity contribution in [2.45, 2.75) is 32.7 Å². The van der Waals surface area contributed by atoms with Crippen LogP contribution in [0.3, 0.4) is 0 Å². The summed E-state index contributed by atoms with van der Waals surface area (Å²) in [6.07, 6.45) is 1.91. The number of benzene rings is 2. The van der Waals surface area contributed by atoms with Crippen molar-refractivity contribution in [1.82, 2.24) is 4.90 Å². The van der Waals surface area contributed by atoms with E-state index in [0.29, 0.717) is 19.0 Å². The lowest BCUT2D eigenvalue weighted by Gasteiger charge is -2.26. The zero-order valence-corrected chi connectivity index (χ0v) is 16.2. The van der Waals surface area contributed by atoms with E-state index in [2.05, 4.69) is 0 Å². The zero-order chi connectivity index (χ0) is 19.3. The fraction of sp³-hybridized carbons (Fsp3) is 0.348. The number of hydrogen-bond acceptors (Lipinski definition) is 4. The summed E-state index contributed by atoms with van der Waals surface area (Å²) in [7, 11) is 0. The Labute approximate surface area is 163 Å². The molecule has 1 atom stereocenters. The standard InChI is InChI=1S/C23H23NO4/c1-14-5-3-6-17-15(2)22(28-21(14)17)23(25)24-10-4-7-18(24)16-8-9-19-20(13-16)27-12-11-26-19/h3,5-6,8-9,13,18H,4,7,10-12H2,1-2H3. The number of ether oxygens (including phenoxy) is 2. The van der Waals surface area contributed by atoms with Gasteiger partial charge in [0.15, 0.2) is 17.3 Å². The van der Waals surface area contributed by atoms with Crippen molar-refractivity contribution in [3.63, 3.8) is 0 Å². The maximum Gasteiger partial charge on any atom is 0.290 e. The molecule has 0 bridgehead atoms. The lowest BCUT2D eigenvalue weighted by molar-refractivity contribution is 0.0704. The van der Waals surface area contributed by atoms with Gasteiger partial charge in [-0.2, -0.15) is 0 Å². The van der Waals surface area contributed by atoms with E-state index in [0.717, 1.165) is 58.5 Å². The maximum absolute atomic E-state index is 13.4. The van der Waals surface area contributed by atoms with Gasteiger partial charge >= 0.3 is 0 Å². The molecule has 5 nitrogen and oxygen atoms in total. The Balaban J connectivity index is 1.50. The number of nitrogens with zero attached hydrogens (tertiary/aromatic N) is 1. The number of para-hydroxylation sites is 1. The largest absolute Gasteiger partial charge is 0.486 e. The Bertz CT molecular complexity index is 1070. The fourth-order valence-electron chi connectivity index (χ4n) is 4.34. The second-order valence-corrected chi connectivity index (χ2v) is 7.57. The molecule has 28 heavy (non-hydrogen) atoms. The highest BCUT2D eigenvalue weighted by Crippen LogP contribution is 2.39. The van der Waals surface area contributed by atoms with E-state index in [1.165, 1.54) is 0 Å². The van der Waals surface area contributed by atoms with E-state index in [9.17, 15) is 4.79 Å². The van der Waals surface area contributed by atoms with E-state index in [-0.39, 0.29) is 11.9 Å². The van der Waals surface area contributed by atoms with Gasteiger partial charge in [-0.3, -0.25) is 4.79 Å². The lowest BCUT2D eigenvalue weighted by atomic mass is 10.0. The number of fused-ring (bicyclic) bond motifs is 2. The molecule has 1 saturated heterocycles. The molecule has 2 aromatic carbocycles. The normalized spacial score (nSPS) is 18.6. The highest BCUT2D eigenvalue weighted by atomic mass is 16.6. The molecule has 1 aromatic heterocycles. The topological polar surface area (TPSA) is 51.9 Å². The van der Waals surface area contributed by atoms with E-state index in [1.807, 2.05) is 55.1 Å². The van der Waals surface area contributed by atoms with Crippen molar-refractivity contribution in [2.24, 2.45) is 0 Å². The molecule has 0 N–H and O–H groups in total. The van der Waals surface area contributed by atoms with Crippen molar-refractivity contribution in [2.75, 3.05) is 19.8 Å². The monoisotopic (exact) mass is 377 g/mol. The molecule has 0 saturated carbocycles. The van der Waals surface area contributed by atoms with Gasteiger partial charge in [0, 0.05) is 17.5 Å². The minimum atomic E-state index is -0.0366. The van der Waals surface area contributed by atoms with Gasteiger partial charge in [-0.25, -0.2) is 0 Å². The average molecular weight is 377 g/mol. The molecule has 1 amide bonds. The van der Waals surface area contributed by atoms with Crippen LogP contribution in [0.25, 0.3) is 11.0 Å². The molecule has 144 valence electrons. The van der Waals surface area contributed by atoms with Crippen LogP contribution in [0.1, 0.15) is 46.1 Å². The minimum Gasteiger partial charge on any atom is -0.486 e. The first-order chi connectivity index (χ1) is 13.6. The Morgan fingerprint density at radius 2 is 1.89 bits per heavy atom. The van der Waals surface area contributed by atoms with Crippen molar-refractivity contribution in [3.05, 3.63) is 58.8 Å². The van der Waals surface area contributed by atoms with Gasteiger partial charge in [0.2, 0.25) is 0 Å². The lowest BCUT2D eigenvalue weighted by Crippen LogP contribution is -2.30. The van der Waals surface area contributed by atoms with Gasteiger partial charge < -0.3 is 18.8 Å². The highest BCUT2D eigenvalue weighted by molar-refractivity contribution is 5.99. The third kappa shape index (κ3) is 2.65. The smallest absolute Gasteiger partial charge is 0.290 e. The van der Waals surface area contributed by atoms with E-state index in [4.69, 9.17) is 13.9 Å². The van der Waals surface area contributed by atoms with Crippen molar-refractivity contribution in [3.8, 4) is 11.5 Å². The first-order valence-corrected chi connectivity index (χ1v) is 9.82. The molecule has 3 aromatic rings. The first-order valence-electron chi connectivity index (χ1n) is 9.82. The number of likely N-dealkylation sites (tertiary alicyclic amines) is 1. The van der Waals surface area contributed by atoms with Crippen LogP contribution < -0.4 is 9.47 Å². The van der Waals surface area contributed by atoms with Crippen LogP contribution in [0.5, 0.6) is 11.5 Å². The predicted octanol–water partition coefficient (Wildman–Crippen LogP) is 4.80. The number of amides is 1. The number of rotatable bonds is 2. The van der Waals surface area contributed by atoms with Gasteiger partial charge in [-0.15, -0.1) is 0 Å². The summed E-state index contributed by atoms with van der Waals surface area (Å²) in [4.78, 5) is 15.3. The van der Waals surface area contributed by atoms with Gasteiger partial charge in [0.1, 0.15) is 18.8 Å². The van der Waals surface area contributed by atoms with Crippen molar-refractivity contribution < 1.29 is 18.7 Å². The van der Waals surface area contributed by atoms with Crippen molar-refractivity contribution >= 4 is 16.9 Å².